The Kier molecular flexibility index (Phi) is 7.94. The van der Waals surface area contributed by atoms with E-state index in [2.05, 4.69) is 0 Å². The lowest BCUT2D eigenvalue weighted by Crippen LogP contribution is -2.59. The highest BCUT2D eigenvalue weighted by atomic mass is 16.7. The normalized spacial score (nSPS) is 35.7. The molecule has 29 heavy (non-hydrogen) atoms. The van der Waals surface area contributed by atoms with Gasteiger partial charge < -0.3 is 34.6 Å². The topological polar surface area (TPSA) is 143 Å². The highest BCUT2D eigenvalue weighted by Crippen LogP contribution is 2.43. The van der Waals surface area contributed by atoms with Gasteiger partial charge in [0.2, 0.25) is 0 Å². The Morgan fingerprint density at radius 3 is 2.52 bits per heavy atom. The second-order valence-corrected chi connectivity index (χ2v) is 8.50. The number of methoxy groups -OCH3 is 1. The summed E-state index contributed by atoms with van der Waals surface area (Å²) in [4.78, 5) is 24.1. The minimum atomic E-state index is -1.50. The molecule has 9 nitrogen and oxygen atoms in total. The van der Waals surface area contributed by atoms with Gasteiger partial charge in [-0.2, -0.15) is 0 Å². The summed E-state index contributed by atoms with van der Waals surface area (Å²) in [5.41, 5.74) is -0.0909. The van der Waals surface area contributed by atoms with E-state index in [1.165, 1.54) is 13.2 Å². The summed E-state index contributed by atoms with van der Waals surface area (Å²) in [6, 6.07) is 0. The highest BCUT2D eigenvalue weighted by molar-refractivity contribution is 6.01. The molecule has 9 heteroatoms. The van der Waals surface area contributed by atoms with Gasteiger partial charge in [-0.25, -0.2) is 4.79 Å². The van der Waals surface area contributed by atoms with Crippen molar-refractivity contribution in [2.45, 2.75) is 76.8 Å². The maximum atomic E-state index is 12.1. The van der Waals surface area contributed by atoms with Crippen LogP contribution < -0.4 is 0 Å². The zero-order valence-corrected chi connectivity index (χ0v) is 17.3. The lowest BCUT2D eigenvalue weighted by atomic mass is 9.66. The predicted molar refractivity (Wildman–Crippen MR) is 101 cm³/mol. The van der Waals surface area contributed by atoms with Crippen LogP contribution in [0.25, 0.3) is 0 Å². The van der Waals surface area contributed by atoms with Crippen molar-refractivity contribution >= 4 is 11.8 Å². The number of rotatable bonds is 7. The van der Waals surface area contributed by atoms with Crippen LogP contribution in [0.3, 0.4) is 0 Å². The summed E-state index contributed by atoms with van der Waals surface area (Å²) < 4.78 is 15.9. The van der Waals surface area contributed by atoms with Crippen LogP contribution in [0, 0.1) is 11.3 Å². The first-order valence-electron chi connectivity index (χ1n) is 9.80. The van der Waals surface area contributed by atoms with Gasteiger partial charge in [-0.1, -0.05) is 13.8 Å². The Morgan fingerprint density at radius 1 is 1.28 bits per heavy atom. The first kappa shape index (κ1) is 23.9. The zero-order valence-electron chi connectivity index (χ0n) is 17.3. The van der Waals surface area contributed by atoms with Crippen molar-refractivity contribution in [3.05, 3.63) is 11.6 Å². The second kappa shape index (κ2) is 9.63. The van der Waals surface area contributed by atoms with Gasteiger partial charge in [-0.15, -0.1) is 0 Å². The average Bonchev–Trinajstić information content (AvgIpc) is 2.65. The molecule has 2 aliphatic rings. The molecule has 0 radical (unpaired) electrons. The zero-order chi connectivity index (χ0) is 21.9. The fraction of sp³-hybridized carbons (Fsp3) is 0.800. The fourth-order valence-electron chi connectivity index (χ4n) is 4.06. The molecule has 0 aromatic rings. The maximum absolute atomic E-state index is 12.1. The Morgan fingerprint density at radius 2 is 1.93 bits per heavy atom. The summed E-state index contributed by atoms with van der Waals surface area (Å²) >= 11 is 0. The minimum Gasteiger partial charge on any atom is -0.466 e. The monoisotopic (exact) mass is 416 g/mol. The number of ketones is 1. The number of esters is 1. The summed E-state index contributed by atoms with van der Waals surface area (Å²) in [5.74, 6) is -0.857. The van der Waals surface area contributed by atoms with E-state index in [1.807, 2.05) is 13.8 Å². The smallest absolute Gasteiger partial charge is 0.334 e. The van der Waals surface area contributed by atoms with Gasteiger partial charge in [0, 0.05) is 12.0 Å². The predicted octanol–water partition coefficient (Wildman–Crippen LogP) is -0.314. The Balaban J connectivity index is 2.03. The number of aliphatic hydroxyl groups excluding tert-OH is 4. The molecule has 4 N–H and O–H groups in total. The van der Waals surface area contributed by atoms with Crippen molar-refractivity contribution in [2.24, 2.45) is 11.3 Å². The van der Waals surface area contributed by atoms with Crippen LogP contribution in [0.1, 0.15) is 40.0 Å². The van der Waals surface area contributed by atoms with Crippen LogP contribution in [0.5, 0.6) is 0 Å². The average molecular weight is 416 g/mol. The quantitative estimate of drug-likeness (QED) is 0.411. The largest absolute Gasteiger partial charge is 0.466 e. The Hall–Kier alpha value is -1.36. The van der Waals surface area contributed by atoms with Gasteiger partial charge in [-0.05, 0) is 37.2 Å². The molecule has 0 amide bonds. The third kappa shape index (κ3) is 5.42. The van der Waals surface area contributed by atoms with E-state index < -0.39 is 54.8 Å². The molecule has 0 aromatic heterocycles. The molecular formula is C20H32O9. The second-order valence-electron chi connectivity index (χ2n) is 8.50. The van der Waals surface area contributed by atoms with Gasteiger partial charge in [-0.3, -0.25) is 4.79 Å². The van der Waals surface area contributed by atoms with Crippen LogP contribution in [0.15, 0.2) is 11.6 Å². The standard InChI is InChI=1S/C20H32O9/c1-10(28-19-17(25)16(24)15(23)14(9-21)29-19)5-6-13-12(18(26)27-4)7-11(22)8-20(13,2)3/h7,10,13-17,19,21,23-25H,5-6,8-9H2,1-4H3/t10-,13+,14+,15+,16-,17+,19+/m0/s1. The molecule has 1 aliphatic carbocycles. The third-order valence-corrected chi connectivity index (χ3v) is 5.76. The molecule has 1 heterocycles. The van der Waals surface area contributed by atoms with Crippen molar-refractivity contribution in [2.75, 3.05) is 13.7 Å². The number of hydrogen-bond acceptors (Lipinski definition) is 9. The van der Waals surface area contributed by atoms with Crippen molar-refractivity contribution < 1.29 is 44.2 Å². The number of ether oxygens (including phenoxy) is 3. The maximum Gasteiger partial charge on any atom is 0.334 e. The molecule has 2 rings (SSSR count). The summed E-state index contributed by atoms with van der Waals surface area (Å²) in [6.45, 7) is 5.07. The molecule has 0 saturated carbocycles. The molecule has 0 unspecified atom stereocenters. The van der Waals surface area contributed by atoms with Crippen LogP contribution in [-0.2, 0) is 23.8 Å². The Bertz CT molecular complexity index is 627. The SMILES string of the molecule is COC(=O)C1=CC(=O)CC(C)(C)[C@@H]1CC[C@H](C)O[C@@H]1O[C@H](CO)[C@@H](O)[C@H](O)[C@H]1O. The lowest BCUT2D eigenvalue weighted by molar-refractivity contribution is -0.310. The lowest BCUT2D eigenvalue weighted by Gasteiger charge is -2.41. The van der Waals surface area contributed by atoms with Crippen molar-refractivity contribution in [1.29, 1.82) is 0 Å². The number of carbonyl (C=O) groups excluding carboxylic acids is 2. The fourth-order valence-corrected chi connectivity index (χ4v) is 4.06. The molecule has 0 spiro atoms. The van der Waals surface area contributed by atoms with Crippen LogP contribution >= 0.6 is 0 Å². The van der Waals surface area contributed by atoms with E-state index in [0.29, 0.717) is 24.8 Å². The summed E-state index contributed by atoms with van der Waals surface area (Å²) in [5, 5.41) is 39.1. The molecule has 1 saturated heterocycles. The summed E-state index contributed by atoms with van der Waals surface area (Å²) in [7, 11) is 1.27. The van der Waals surface area contributed by atoms with Gasteiger partial charge in [0.05, 0.1) is 19.8 Å². The van der Waals surface area contributed by atoms with Crippen molar-refractivity contribution in [3.63, 3.8) is 0 Å². The van der Waals surface area contributed by atoms with Crippen molar-refractivity contribution in [3.8, 4) is 0 Å². The van der Waals surface area contributed by atoms with Gasteiger partial charge in [0.15, 0.2) is 12.1 Å². The van der Waals surface area contributed by atoms with E-state index in [-0.39, 0.29) is 11.7 Å². The van der Waals surface area contributed by atoms with E-state index in [9.17, 15) is 30.0 Å². The summed E-state index contributed by atoms with van der Waals surface area (Å²) in [6.07, 6.45) is -4.42. The molecule has 7 atom stereocenters. The Labute approximate surface area is 170 Å². The van der Waals surface area contributed by atoms with E-state index >= 15 is 0 Å². The molecule has 1 aliphatic heterocycles. The number of aliphatic hydroxyl groups is 4. The molecule has 0 bridgehead atoms. The number of allylic oxidation sites excluding steroid dienone is 1. The molecule has 166 valence electrons. The first-order valence-corrected chi connectivity index (χ1v) is 9.80. The van der Waals surface area contributed by atoms with E-state index in [0.717, 1.165) is 0 Å². The third-order valence-electron chi connectivity index (χ3n) is 5.76. The van der Waals surface area contributed by atoms with E-state index in [4.69, 9.17) is 14.2 Å². The van der Waals surface area contributed by atoms with Crippen molar-refractivity contribution in [1.82, 2.24) is 0 Å². The van der Waals surface area contributed by atoms with E-state index in [1.54, 1.807) is 6.92 Å². The van der Waals surface area contributed by atoms with Crippen LogP contribution in [0.2, 0.25) is 0 Å². The first-order chi connectivity index (χ1) is 13.5. The van der Waals surface area contributed by atoms with Crippen LogP contribution in [-0.4, -0.2) is 82.7 Å². The van der Waals surface area contributed by atoms with Gasteiger partial charge in [0.25, 0.3) is 0 Å². The van der Waals surface area contributed by atoms with Gasteiger partial charge >= 0.3 is 5.97 Å². The molecular weight excluding hydrogens is 384 g/mol. The molecule has 0 aromatic carbocycles. The number of carbonyl (C=O) groups is 2. The van der Waals surface area contributed by atoms with Crippen LogP contribution in [0.4, 0.5) is 0 Å². The highest BCUT2D eigenvalue weighted by Gasteiger charge is 2.45. The van der Waals surface area contributed by atoms with Gasteiger partial charge in [0.1, 0.15) is 24.4 Å². The minimum absolute atomic E-state index is 0.114. The molecule has 1 fully saturated rings. The number of hydrogen-bond donors (Lipinski definition) is 4.